The molecule has 2 rings (SSSR count). The second-order valence-electron chi connectivity index (χ2n) is 3.71. The van der Waals surface area contributed by atoms with Gasteiger partial charge in [0, 0.05) is 11.9 Å². The van der Waals surface area contributed by atoms with Crippen molar-refractivity contribution in [1.82, 2.24) is 15.5 Å². The Morgan fingerprint density at radius 1 is 1.39 bits per heavy atom. The van der Waals surface area contributed by atoms with Gasteiger partial charge in [-0.15, -0.1) is 0 Å². The zero-order chi connectivity index (χ0) is 12.8. The first-order chi connectivity index (χ1) is 8.83. The fourth-order valence-corrected chi connectivity index (χ4v) is 1.62. The van der Waals surface area contributed by atoms with Gasteiger partial charge in [0.1, 0.15) is 0 Å². The van der Waals surface area contributed by atoms with Gasteiger partial charge in [-0.3, -0.25) is 9.89 Å². The van der Waals surface area contributed by atoms with E-state index in [2.05, 4.69) is 15.5 Å². The van der Waals surface area contributed by atoms with Crippen molar-refractivity contribution in [3.05, 3.63) is 30.0 Å². The Morgan fingerprint density at radius 3 is 3.06 bits per heavy atom. The number of rotatable bonds is 6. The van der Waals surface area contributed by atoms with Crippen molar-refractivity contribution in [2.45, 2.75) is 0 Å². The number of nitrogens with zero attached hydrogens (tertiary/aromatic N) is 1. The van der Waals surface area contributed by atoms with Crippen molar-refractivity contribution in [2.24, 2.45) is 0 Å². The van der Waals surface area contributed by atoms with Gasteiger partial charge in [0.2, 0.25) is 0 Å². The molecule has 2 aromatic rings. The smallest absolute Gasteiger partial charge is 0.272 e. The summed E-state index contributed by atoms with van der Waals surface area (Å²) < 4.78 is 5.05. The van der Waals surface area contributed by atoms with Crippen molar-refractivity contribution in [3.63, 3.8) is 0 Å². The van der Waals surface area contributed by atoms with E-state index < -0.39 is 0 Å². The average Bonchev–Trinajstić information content (AvgIpc) is 2.82. The van der Waals surface area contributed by atoms with Crippen LogP contribution in [-0.4, -0.2) is 47.6 Å². The molecule has 0 aliphatic carbocycles. The third-order valence-electron chi connectivity index (χ3n) is 2.45. The van der Waals surface area contributed by atoms with E-state index >= 15 is 0 Å². The lowest BCUT2D eigenvalue weighted by Crippen LogP contribution is -2.28. The molecule has 0 aliphatic rings. The number of aliphatic hydroxyl groups excluding tert-OH is 1. The van der Waals surface area contributed by atoms with Crippen LogP contribution in [0.15, 0.2) is 24.3 Å². The van der Waals surface area contributed by atoms with E-state index in [4.69, 9.17) is 9.84 Å². The van der Waals surface area contributed by atoms with Crippen LogP contribution < -0.4 is 5.32 Å². The highest BCUT2D eigenvalue weighted by molar-refractivity contribution is 6.04. The maximum atomic E-state index is 11.9. The number of para-hydroxylation sites is 1. The van der Waals surface area contributed by atoms with E-state index in [1.165, 1.54) is 0 Å². The number of hydrogen-bond donors (Lipinski definition) is 3. The molecule has 0 unspecified atom stereocenters. The molecule has 96 valence electrons. The van der Waals surface area contributed by atoms with Crippen LogP contribution in [-0.2, 0) is 4.74 Å². The summed E-state index contributed by atoms with van der Waals surface area (Å²) in [5, 5.41) is 18.8. The normalized spacial score (nSPS) is 10.7. The number of carbonyl (C=O) groups excluding carboxylic acids is 1. The molecule has 0 fully saturated rings. The Bertz CT molecular complexity index is 524. The molecule has 0 saturated carbocycles. The van der Waals surface area contributed by atoms with Crippen molar-refractivity contribution in [3.8, 4) is 0 Å². The largest absolute Gasteiger partial charge is 0.394 e. The fraction of sp³-hybridized carbons (Fsp3) is 0.333. The maximum absolute atomic E-state index is 11.9. The monoisotopic (exact) mass is 249 g/mol. The molecule has 0 spiro atoms. The average molecular weight is 249 g/mol. The van der Waals surface area contributed by atoms with Gasteiger partial charge >= 0.3 is 0 Å². The second kappa shape index (κ2) is 6.13. The number of aromatic nitrogens is 2. The van der Waals surface area contributed by atoms with Gasteiger partial charge in [-0.1, -0.05) is 18.2 Å². The molecule has 0 saturated heterocycles. The van der Waals surface area contributed by atoms with Crippen molar-refractivity contribution in [1.29, 1.82) is 0 Å². The third-order valence-corrected chi connectivity index (χ3v) is 2.45. The zero-order valence-corrected chi connectivity index (χ0v) is 9.85. The van der Waals surface area contributed by atoms with Crippen LogP contribution in [0.1, 0.15) is 10.5 Å². The predicted octanol–water partition coefficient (Wildman–Crippen LogP) is 0.302. The first kappa shape index (κ1) is 12.5. The molecule has 1 amide bonds. The summed E-state index contributed by atoms with van der Waals surface area (Å²) in [5.41, 5.74) is 1.21. The van der Waals surface area contributed by atoms with Crippen LogP contribution in [0.5, 0.6) is 0 Å². The van der Waals surface area contributed by atoms with Gasteiger partial charge in [-0.25, -0.2) is 0 Å². The zero-order valence-electron chi connectivity index (χ0n) is 9.85. The van der Waals surface area contributed by atoms with Crippen LogP contribution >= 0.6 is 0 Å². The number of H-pyrrole nitrogens is 1. The maximum Gasteiger partial charge on any atom is 0.272 e. The molecule has 6 heteroatoms. The summed E-state index contributed by atoms with van der Waals surface area (Å²) in [6.45, 7) is 1.02. The molecule has 0 radical (unpaired) electrons. The summed E-state index contributed by atoms with van der Waals surface area (Å²) in [6.07, 6.45) is 0. The van der Waals surface area contributed by atoms with Crippen molar-refractivity contribution < 1.29 is 14.6 Å². The van der Waals surface area contributed by atoms with Gasteiger partial charge in [0.15, 0.2) is 5.69 Å². The SMILES string of the molecule is O=C(NCCOCCO)c1n[nH]c2ccccc12. The Hall–Kier alpha value is -1.92. The number of hydrogen-bond acceptors (Lipinski definition) is 4. The molecule has 0 bridgehead atoms. The molecule has 1 aromatic heterocycles. The number of fused-ring (bicyclic) bond motifs is 1. The standard InChI is InChI=1S/C12H15N3O3/c16-6-8-18-7-5-13-12(17)11-9-3-1-2-4-10(9)14-15-11/h1-4,16H,5-8H2,(H,13,17)(H,14,15). The number of benzene rings is 1. The summed E-state index contributed by atoms with van der Waals surface area (Å²) in [6, 6.07) is 7.45. The number of aliphatic hydroxyl groups is 1. The molecule has 3 N–H and O–H groups in total. The Labute approximate surface area is 104 Å². The van der Waals surface area contributed by atoms with Crippen LogP contribution in [0.2, 0.25) is 0 Å². The minimum Gasteiger partial charge on any atom is -0.394 e. The highest BCUT2D eigenvalue weighted by atomic mass is 16.5. The van der Waals surface area contributed by atoms with Gasteiger partial charge in [-0.2, -0.15) is 5.10 Å². The van der Waals surface area contributed by atoms with E-state index in [0.29, 0.717) is 18.8 Å². The minimum absolute atomic E-state index is 0.0159. The molecular formula is C12H15N3O3. The summed E-state index contributed by atoms with van der Waals surface area (Å²) in [7, 11) is 0. The number of amides is 1. The second-order valence-corrected chi connectivity index (χ2v) is 3.71. The molecule has 18 heavy (non-hydrogen) atoms. The lowest BCUT2D eigenvalue weighted by atomic mass is 10.2. The van der Waals surface area contributed by atoms with Crippen molar-refractivity contribution >= 4 is 16.8 Å². The summed E-state index contributed by atoms with van der Waals surface area (Å²) >= 11 is 0. The van der Waals surface area contributed by atoms with E-state index in [1.807, 2.05) is 24.3 Å². The third kappa shape index (κ3) is 2.85. The highest BCUT2D eigenvalue weighted by Crippen LogP contribution is 2.14. The van der Waals surface area contributed by atoms with Crippen LogP contribution in [0.3, 0.4) is 0 Å². The van der Waals surface area contributed by atoms with E-state index in [1.54, 1.807) is 0 Å². The molecule has 6 nitrogen and oxygen atoms in total. The predicted molar refractivity (Wildman–Crippen MR) is 66.3 cm³/mol. The van der Waals surface area contributed by atoms with E-state index in [-0.39, 0.29) is 19.1 Å². The summed E-state index contributed by atoms with van der Waals surface area (Å²) in [4.78, 5) is 11.9. The van der Waals surface area contributed by atoms with Crippen LogP contribution in [0.25, 0.3) is 10.9 Å². The van der Waals surface area contributed by atoms with Gasteiger partial charge in [0.25, 0.3) is 5.91 Å². The topological polar surface area (TPSA) is 87.2 Å². The van der Waals surface area contributed by atoms with E-state index in [9.17, 15) is 4.79 Å². The minimum atomic E-state index is -0.236. The number of aromatic amines is 1. The summed E-state index contributed by atoms with van der Waals surface area (Å²) in [5.74, 6) is -0.236. The molecule has 1 aromatic carbocycles. The molecule has 1 heterocycles. The number of nitrogens with one attached hydrogen (secondary N) is 2. The quantitative estimate of drug-likeness (QED) is 0.643. The van der Waals surface area contributed by atoms with Crippen LogP contribution in [0, 0.1) is 0 Å². The first-order valence-corrected chi connectivity index (χ1v) is 5.73. The van der Waals surface area contributed by atoms with Crippen molar-refractivity contribution in [2.75, 3.05) is 26.4 Å². The van der Waals surface area contributed by atoms with Crippen LogP contribution in [0.4, 0.5) is 0 Å². The molecule has 0 atom stereocenters. The Kier molecular flexibility index (Phi) is 4.27. The first-order valence-electron chi connectivity index (χ1n) is 5.73. The number of carbonyl (C=O) groups is 1. The molecule has 0 aliphatic heterocycles. The van der Waals surface area contributed by atoms with Gasteiger partial charge < -0.3 is 15.2 Å². The Morgan fingerprint density at radius 2 is 2.22 bits per heavy atom. The lowest BCUT2D eigenvalue weighted by molar-refractivity contribution is 0.0836. The Balaban J connectivity index is 1.93. The molecular weight excluding hydrogens is 234 g/mol. The van der Waals surface area contributed by atoms with Gasteiger partial charge in [-0.05, 0) is 6.07 Å². The lowest BCUT2D eigenvalue weighted by Gasteiger charge is -2.03. The van der Waals surface area contributed by atoms with E-state index in [0.717, 1.165) is 10.9 Å². The van der Waals surface area contributed by atoms with Gasteiger partial charge in [0.05, 0.1) is 25.3 Å². The highest BCUT2D eigenvalue weighted by Gasteiger charge is 2.12. The fourth-order valence-electron chi connectivity index (χ4n) is 1.62. The number of ether oxygens (including phenoxy) is 1.